The Kier molecular flexibility index (Phi) is 5.48. The Morgan fingerprint density at radius 2 is 2.08 bits per heavy atom. The molecule has 1 aromatic carbocycles. The number of nitrogens with one attached hydrogen (secondary N) is 2. The smallest absolute Gasteiger partial charge is 0.407 e. The minimum atomic E-state index is -0.359. The maximum absolute atomic E-state index is 11.8. The SMILES string of the molecule is CCc1cnc(CNC2CC(NC(=O)OCc3ccccc3)C2)o1. The van der Waals surface area contributed by atoms with E-state index in [1.54, 1.807) is 6.20 Å². The second-order valence-corrected chi connectivity index (χ2v) is 6.03. The fraction of sp³-hybridized carbons (Fsp3) is 0.444. The molecule has 1 aliphatic carbocycles. The predicted molar refractivity (Wildman–Crippen MR) is 89.3 cm³/mol. The summed E-state index contributed by atoms with van der Waals surface area (Å²) in [5, 5.41) is 6.27. The number of carbonyl (C=O) groups excluding carboxylic acids is 1. The predicted octanol–water partition coefficient (Wildman–Crippen LogP) is 2.78. The van der Waals surface area contributed by atoms with E-state index in [9.17, 15) is 4.79 Å². The number of hydrogen-bond donors (Lipinski definition) is 2. The third kappa shape index (κ3) is 4.58. The van der Waals surface area contributed by atoms with Crippen LogP contribution in [-0.4, -0.2) is 23.2 Å². The molecule has 1 aliphatic rings. The fourth-order valence-corrected chi connectivity index (χ4v) is 2.66. The lowest BCUT2D eigenvalue weighted by Gasteiger charge is -2.35. The molecule has 1 saturated carbocycles. The monoisotopic (exact) mass is 329 g/mol. The van der Waals surface area contributed by atoms with Gasteiger partial charge in [0.05, 0.1) is 12.7 Å². The van der Waals surface area contributed by atoms with Crippen molar-refractivity contribution in [1.82, 2.24) is 15.6 Å². The summed E-state index contributed by atoms with van der Waals surface area (Å²) in [4.78, 5) is 16.0. The third-order valence-corrected chi connectivity index (χ3v) is 4.16. The van der Waals surface area contributed by atoms with Crippen LogP contribution in [0.15, 0.2) is 40.9 Å². The van der Waals surface area contributed by atoms with Crippen LogP contribution in [0.2, 0.25) is 0 Å². The molecule has 24 heavy (non-hydrogen) atoms. The van der Waals surface area contributed by atoms with E-state index in [0.29, 0.717) is 25.1 Å². The zero-order chi connectivity index (χ0) is 16.8. The van der Waals surface area contributed by atoms with E-state index in [-0.39, 0.29) is 12.1 Å². The quantitative estimate of drug-likeness (QED) is 0.817. The molecule has 6 heteroatoms. The van der Waals surface area contributed by atoms with Crippen LogP contribution in [0.5, 0.6) is 0 Å². The zero-order valence-corrected chi connectivity index (χ0v) is 13.8. The Morgan fingerprint density at radius 3 is 2.79 bits per heavy atom. The van der Waals surface area contributed by atoms with Gasteiger partial charge in [0.1, 0.15) is 12.4 Å². The first-order chi connectivity index (χ1) is 11.7. The molecular formula is C18H23N3O3. The molecule has 0 bridgehead atoms. The van der Waals surface area contributed by atoms with Crippen molar-refractivity contribution >= 4 is 6.09 Å². The van der Waals surface area contributed by atoms with E-state index in [4.69, 9.17) is 9.15 Å². The van der Waals surface area contributed by atoms with Crippen molar-refractivity contribution in [2.75, 3.05) is 0 Å². The number of alkyl carbamates (subject to hydrolysis) is 1. The van der Waals surface area contributed by atoms with Gasteiger partial charge in [0.25, 0.3) is 0 Å². The normalized spacial score (nSPS) is 19.5. The van der Waals surface area contributed by atoms with Crippen LogP contribution in [0.3, 0.4) is 0 Å². The maximum atomic E-state index is 11.8. The van der Waals surface area contributed by atoms with Gasteiger partial charge in [-0.15, -0.1) is 0 Å². The highest BCUT2D eigenvalue weighted by Crippen LogP contribution is 2.20. The highest BCUT2D eigenvalue weighted by molar-refractivity contribution is 5.67. The van der Waals surface area contributed by atoms with Crippen LogP contribution in [0.1, 0.15) is 37.0 Å². The van der Waals surface area contributed by atoms with Crippen LogP contribution < -0.4 is 10.6 Å². The van der Waals surface area contributed by atoms with E-state index in [0.717, 1.165) is 30.6 Å². The van der Waals surface area contributed by atoms with E-state index in [2.05, 4.69) is 15.6 Å². The molecule has 3 rings (SSSR count). The number of hydrogen-bond acceptors (Lipinski definition) is 5. The van der Waals surface area contributed by atoms with Gasteiger partial charge < -0.3 is 19.8 Å². The summed E-state index contributed by atoms with van der Waals surface area (Å²) >= 11 is 0. The lowest BCUT2D eigenvalue weighted by molar-refractivity contribution is 0.125. The summed E-state index contributed by atoms with van der Waals surface area (Å²) in [6.07, 6.45) is 4.05. The van der Waals surface area contributed by atoms with Crippen molar-refractivity contribution in [2.45, 2.75) is 51.4 Å². The average molecular weight is 329 g/mol. The molecule has 0 aliphatic heterocycles. The number of ether oxygens (including phenoxy) is 1. The number of oxazole rings is 1. The van der Waals surface area contributed by atoms with E-state index < -0.39 is 0 Å². The van der Waals surface area contributed by atoms with Gasteiger partial charge in [-0.2, -0.15) is 0 Å². The molecular weight excluding hydrogens is 306 g/mol. The molecule has 0 saturated heterocycles. The van der Waals surface area contributed by atoms with Crippen molar-refractivity contribution in [2.24, 2.45) is 0 Å². The lowest BCUT2D eigenvalue weighted by atomic mass is 9.87. The molecule has 0 spiro atoms. The first-order valence-electron chi connectivity index (χ1n) is 8.37. The number of amides is 1. The Labute approximate surface area is 141 Å². The second kappa shape index (κ2) is 7.97. The van der Waals surface area contributed by atoms with Crippen molar-refractivity contribution in [3.05, 3.63) is 53.7 Å². The standard InChI is InChI=1S/C18H23N3O3/c1-2-16-10-20-17(24-16)11-19-14-8-15(9-14)21-18(22)23-12-13-6-4-3-5-7-13/h3-7,10,14-15,19H,2,8-9,11-12H2,1H3,(H,21,22). The molecule has 2 aromatic rings. The molecule has 128 valence electrons. The van der Waals surface area contributed by atoms with Crippen molar-refractivity contribution in [3.8, 4) is 0 Å². The van der Waals surface area contributed by atoms with Crippen LogP contribution in [0.25, 0.3) is 0 Å². The fourth-order valence-electron chi connectivity index (χ4n) is 2.66. The molecule has 0 radical (unpaired) electrons. The highest BCUT2D eigenvalue weighted by atomic mass is 16.5. The Balaban J connectivity index is 1.29. The minimum Gasteiger partial charge on any atom is -0.445 e. The van der Waals surface area contributed by atoms with Gasteiger partial charge in [-0.05, 0) is 18.4 Å². The van der Waals surface area contributed by atoms with Crippen LogP contribution >= 0.6 is 0 Å². The summed E-state index contributed by atoms with van der Waals surface area (Å²) in [5.41, 5.74) is 0.984. The number of aryl methyl sites for hydroxylation is 1. The zero-order valence-electron chi connectivity index (χ0n) is 13.8. The molecule has 1 heterocycles. The van der Waals surface area contributed by atoms with Gasteiger partial charge in [0, 0.05) is 18.5 Å². The number of nitrogens with zero attached hydrogens (tertiary/aromatic N) is 1. The van der Waals surface area contributed by atoms with Crippen molar-refractivity contribution < 1.29 is 13.9 Å². The van der Waals surface area contributed by atoms with Gasteiger partial charge in [0.2, 0.25) is 5.89 Å². The third-order valence-electron chi connectivity index (χ3n) is 4.16. The molecule has 1 aromatic heterocycles. The number of benzene rings is 1. The van der Waals surface area contributed by atoms with E-state index in [1.165, 1.54) is 0 Å². The topological polar surface area (TPSA) is 76.4 Å². The van der Waals surface area contributed by atoms with Gasteiger partial charge >= 0.3 is 6.09 Å². The van der Waals surface area contributed by atoms with Gasteiger partial charge in [-0.3, -0.25) is 0 Å². The van der Waals surface area contributed by atoms with Crippen LogP contribution in [0.4, 0.5) is 4.79 Å². The van der Waals surface area contributed by atoms with Gasteiger partial charge in [-0.1, -0.05) is 37.3 Å². The number of rotatable bonds is 7. The Morgan fingerprint density at radius 1 is 1.29 bits per heavy atom. The summed E-state index contributed by atoms with van der Waals surface area (Å²) in [6.45, 7) is 2.96. The molecule has 1 fully saturated rings. The van der Waals surface area contributed by atoms with Crippen molar-refractivity contribution in [3.63, 3.8) is 0 Å². The largest absolute Gasteiger partial charge is 0.445 e. The van der Waals surface area contributed by atoms with E-state index >= 15 is 0 Å². The molecule has 0 unspecified atom stereocenters. The highest BCUT2D eigenvalue weighted by Gasteiger charge is 2.30. The number of carbonyl (C=O) groups is 1. The minimum absolute atomic E-state index is 0.168. The first kappa shape index (κ1) is 16.5. The first-order valence-corrected chi connectivity index (χ1v) is 8.37. The molecule has 6 nitrogen and oxygen atoms in total. The Hall–Kier alpha value is -2.34. The average Bonchev–Trinajstić information content (AvgIpc) is 3.04. The molecule has 1 amide bonds. The molecule has 0 atom stereocenters. The second-order valence-electron chi connectivity index (χ2n) is 6.03. The van der Waals surface area contributed by atoms with Crippen molar-refractivity contribution in [1.29, 1.82) is 0 Å². The summed E-state index contributed by atoms with van der Waals surface area (Å²) in [6, 6.07) is 10.2. The van der Waals surface area contributed by atoms with Gasteiger partial charge in [-0.25, -0.2) is 9.78 Å². The maximum Gasteiger partial charge on any atom is 0.407 e. The summed E-state index contributed by atoms with van der Waals surface area (Å²) in [7, 11) is 0. The van der Waals surface area contributed by atoms with Crippen LogP contribution in [0, 0.1) is 0 Å². The molecule has 2 N–H and O–H groups in total. The van der Waals surface area contributed by atoms with E-state index in [1.807, 2.05) is 37.3 Å². The lowest BCUT2D eigenvalue weighted by Crippen LogP contribution is -2.52. The van der Waals surface area contributed by atoms with Crippen LogP contribution in [-0.2, 0) is 24.3 Å². The van der Waals surface area contributed by atoms with Gasteiger partial charge in [0.15, 0.2) is 0 Å². The number of aromatic nitrogens is 1. The summed E-state index contributed by atoms with van der Waals surface area (Å²) in [5.74, 6) is 1.62. The Bertz CT molecular complexity index is 651. The summed E-state index contributed by atoms with van der Waals surface area (Å²) < 4.78 is 10.8.